The van der Waals surface area contributed by atoms with Gasteiger partial charge in [-0.3, -0.25) is 9.69 Å². The van der Waals surface area contributed by atoms with Crippen molar-refractivity contribution in [2.45, 2.75) is 45.6 Å². The maximum Gasteiger partial charge on any atom is 0.220 e. The lowest BCUT2D eigenvalue weighted by Gasteiger charge is -2.32. The summed E-state index contributed by atoms with van der Waals surface area (Å²) >= 11 is 1.85. The van der Waals surface area contributed by atoms with E-state index >= 15 is 0 Å². The fraction of sp³-hybridized carbons (Fsp3) is 0.750. The molecule has 2 aliphatic rings. The molecule has 2 saturated heterocycles. The van der Waals surface area contributed by atoms with Gasteiger partial charge in [0.2, 0.25) is 5.91 Å². The molecule has 2 N–H and O–H groups in total. The molecule has 0 bridgehead atoms. The van der Waals surface area contributed by atoms with Crippen molar-refractivity contribution in [3.8, 4) is 0 Å². The molecule has 2 fully saturated rings. The third-order valence-corrected chi connectivity index (χ3v) is 6.81. The van der Waals surface area contributed by atoms with Crippen molar-refractivity contribution in [2.24, 2.45) is 17.8 Å². The van der Waals surface area contributed by atoms with Gasteiger partial charge in [0, 0.05) is 24.4 Å². The van der Waals surface area contributed by atoms with Crippen molar-refractivity contribution in [3.05, 3.63) is 22.4 Å². The minimum Gasteiger partial charge on any atom is -0.356 e. The summed E-state index contributed by atoms with van der Waals surface area (Å²) in [6.07, 6.45) is 5.54. The Labute approximate surface area is 180 Å². The van der Waals surface area contributed by atoms with E-state index in [9.17, 15) is 4.79 Å². The third-order valence-electron chi connectivity index (χ3n) is 5.95. The molecule has 1 aromatic heterocycles. The molecule has 2 aliphatic heterocycles. The molecule has 3 heterocycles. The number of hydrogen-bond donors (Lipinski definition) is 2. The van der Waals surface area contributed by atoms with Crippen LogP contribution >= 0.6 is 36.2 Å². The van der Waals surface area contributed by atoms with Crippen LogP contribution in [0, 0.1) is 17.8 Å². The standard InChI is InChI=1S/C20H33N3OS.2ClH/c1-16(18-4-8-21-9-5-18)13-20(24)22-14-17-6-10-23(11-7-17)15-19-3-2-12-25-19;;/h2-3,12,16-18,21H,4-11,13-15H2,1H3,(H,22,24);2*1H. The van der Waals surface area contributed by atoms with Crippen LogP contribution < -0.4 is 10.6 Å². The van der Waals surface area contributed by atoms with Gasteiger partial charge in [-0.05, 0) is 81.1 Å². The molecule has 4 nitrogen and oxygen atoms in total. The summed E-state index contributed by atoms with van der Waals surface area (Å²) in [7, 11) is 0. The summed E-state index contributed by atoms with van der Waals surface area (Å²) in [5.41, 5.74) is 0. The highest BCUT2D eigenvalue weighted by molar-refractivity contribution is 7.09. The second-order valence-corrected chi connectivity index (χ2v) is 8.90. The smallest absolute Gasteiger partial charge is 0.220 e. The molecule has 27 heavy (non-hydrogen) atoms. The van der Waals surface area contributed by atoms with Gasteiger partial charge in [0.25, 0.3) is 0 Å². The SMILES string of the molecule is CC(CC(=O)NCC1CCN(Cc2cccs2)CC1)C1CCNCC1.Cl.Cl. The highest BCUT2D eigenvalue weighted by Crippen LogP contribution is 2.24. The first-order valence-electron chi connectivity index (χ1n) is 9.93. The van der Waals surface area contributed by atoms with Crippen LogP contribution in [0.1, 0.15) is 43.9 Å². The average molecular weight is 436 g/mol. The van der Waals surface area contributed by atoms with Crippen LogP contribution in [0.25, 0.3) is 0 Å². The molecule has 0 radical (unpaired) electrons. The zero-order chi connectivity index (χ0) is 17.5. The van der Waals surface area contributed by atoms with Gasteiger partial charge in [-0.15, -0.1) is 36.2 Å². The van der Waals surface area contributed by atoms with Gasteiger partial charge in [0.1, 0.15) is 0 Å². The van der Waals surface area contributed by atoms with E-state index in [2.05, 4.69) is 40.0 Å². The molecule has 1 amide bonds. The summed E-state index contributed by atoms with van der Waals surface area (Å²) in [6.45, 7) is 8.74. The van der Waals surface area contributed by atoms with Crippen molar-refractivity contribution in [1.29, 1.82) is 0 Å². The minimum atomic E-state index is 0. The predicted molar refractivity (Wildman–Crippen MR) is 119 cm³/mol. The Morgan fingerprint density at radius 1 is 1.26 bits per heavy atom. The van der Waals surface area contributed by atoms with Gasteiger partial charge >= 0.3 is 0 Å². The Morgan fingerprint density at radius 2 is 1.96 bits per heavy atom. The Hall–Kier alpha value is -0.330. The topological polar surface area (TPSA) is 44.4 Å². The van der Waals surface area contributed by atoms with Crippen molar-refractivity contribution >= 4 is 42.1 Å². The number of halogens is 2. The largest absolute Gasteiger partial charge is 0.356 e. The molecule has 1 atom stereocenters. The van der Waals surface area contributed by atoms with E-state index in [1.165, 1.54) is 30.6 Å². The number of amides is 1. The lowest BCUT2D eigenvalue weighted by atomic mass is 9.84. The summed E-state index contributed by atoms with van der Waals surface area (Å²) in [5.74, 6) is 2.13. The summed E-state index contributed by atoms with van der Waals surface area (Å²) < 4.78 is 0. The van der Waals surface area contributed by atoms with E-state index in [1.807, 2.05) is 11.3 Å². The van der Waals surface area contributed by atoms with Crippen LogP contribution in [0.4, 0.5) is 0 Å². The van der Waals surface area contributed by atoms with E-state index in [4.69, 9.17) is 0 Å². The number of thiophene rings is 1. The number of piperidine rings is 2. The third kappa shape index (κ3) is 8.28. The number of rotatable bonds is 7. The van der Waals surface area contributed by atoms with E-state index < -0.39 is 0 Å². The second kappa shape index (κ2) is 13.0. The predicted octanol–water partition coefficient (Wildman–Crippen LogP) is 3.95. The first-order valence-corrected chi connectivity index (χ1v) is 10.8. The Balaban J connectivity index is 0.00000182. The Morgan fingerprint density at radius 3 is 2.59 bits per heavy atom. The van der Waals surface area contributed by atoms with Crippen molar-refractivity contribution < 1.29 is 4.79 Å². The van der Waals surface area contributed by atoms with E-state index in [0.717, 1.165) is 39.3 Å². The molecule has 0 saturated carbocycles. The molecule has 1 unspecified atom stereocenters. The highest BCUT2D eigenvalue weighted by atomic mass is 35.5. The lowest BCUT2D eigenvalue weighted by Crippen LogP contribution is -2.39. The van der Waals surface area contributed by atoms with Crippen LogP contribution in [0.3, 0.4) is 0 Å². The monoisotopic (exact) mass is 435 g/mol. The average Bonchev–Trinajstić information content (AvgIpc) is 3.15. The molecular formula is C20H35Cl2N3OS. The number of likely N-dealkylation sites (tertiary alicyclic amines) is 1. The van der Waals surface area contributed by atoms with Gasteiger partial charge in [0.05, 0.1) is 0 Å². The molecule has 156 valence electrons. The first kappa shape index (κ1) is 24.7. The molecule has 0 aliphatic carbocycles. The number of hydrogen-bond acceptors (Lipinski definition) is 4. The molecular weight excluding hydrogens is 401 g/mol. The fourth-order valence-corrected chi connectivity index (χ4v) is 4.92. The van der Waals surface area contributed by atoms with Crippen LogP contribution in [0.15, 0.2) is 17.5 Å². The summed E-state index contributed by atoms with van der Waals surface area (Å²) in [5, 5.41) is 8.77. The Kier molecular flexibility index (Phi) is 11.9. The maximum absolute atomic E-state index is 12.3. The maximum atomic E-state index is 12.3. The number of nitrogens with zero attached hydrogens (tertiary/aromatic N) is 1. The fourth-order valence-electron chi connectivity index (χ4n) is 4.17. The van der Waals surface area contributed by atoms with Crippen molar-refractivity contribution in [3.63, 3.8) is 0 Å². The molecule has 1 aromatic rings. The first-order chi connectivity index (χ1) is 12.2. The van der Waals surface area contributed by atoms with E-state index in [-0.39, 0.29) is 30.7 Å². The van der Waals surface area contributed by atoms with Gasteiger partial charge in [0.15, 0.2) is 0 Å². The molecule has 0 aromatic carbocycles. The quantitative estimate of drug-likeness (QED) is 0.681. The Bertz CT molecular complexity index is 515. The summed E-state index contributed by atoms with van der Waals surface area (Å²) in [4.78, 5) is 16.3. The normalized spacial score (nSPS) is 20.3. The van der Waals surface area contributed by atoms with Gasteiger partial charge in [-0.1, -0.05) is 13.0 Å². The van der Waals surface area contributed by atoms with E-state index in [1.54, 1.807) is 0 Å². The summed E-state index contributed by atoms with van der Waals surface area (Å²) in [6, 6.07) is 4.35. The molecule has 7 heteroatoms. The number of nitrogens with one attached hydrogen (secondary N) is 2. The van der Waals surface area contributed by atoms with Crippen LogP contribution in [-0.4, -0.2) is 43.5 Å². The van der Waals surface area contributed by atoms with Crippen LogP contribution in [0.5, 0.6) is 0 Å². The van der Waals surface area contributed by atoms with E-state index in [0.29, 0.717) is 24.2 Å². The zero-order valence-corrected chi connectivity index (χ0v) is 18.8. The highest BCUT2D eigenvalue weighted by Gasteiger charge is 2.23. The van der Waals surface area contributed by atoms with Crippen LogP contribution in [0.2, 0.25) is 0 Å². The van der Waals surface area contributed by atoms with Gasteiger partial charge in [-0.2, -0.15) is 0 Å². The zero-order valence-electron chi connectivity index (χ0n) is 16.3. The lowest BCUT2D eigenvalue weighted by molar-refractivity contribution is -0.122. The number of carbonyl (C=O) groups is 1. The van der Waals surface area contributed by atoms with Gasteiger partial charge < -0.3 is 10.6 Å². The molecule has 3 rings (SSSR count). The van der Waals surface area contributed by atoms with Crippen LogP contribution in [-0.2, 0) is 11.3 Å². The van der Waals surface area contributed by atoms with Crippen molar-refractivity contribution in [2.75, 3.05) is 32.7 Å². The molecule has 0 spiro atoms. The van der Waals surface area contributed by atoms with Gasteiger partial charge in [-0.25, -0.2) is 0 Å². The minimum absolute atomic E-state index is 0. The second-order valence-electron chi connectivity index (χ2n) is 7.87. The van der Waals surface area contributed by atoms with Crippen molar-refractivity contribution in [1.82, 2.24) is 15.5 Å². The number of carbonyl (C=O) groups excluding carboxylic acids is 1.